The van der Waals surface area contributed by atoms with Crippen molar-refractivity contribution in [1.82, 2.24) is 0 Å². The lowest BCUT2D eigenvalue weighted by atomic mass is 9.54. The standard InChI is InChI=1S/C61H51N/c1-59(2)51-20-10-8-18-47(51)49-37-35-46(39-57(49)59)62(44-16-6-5-7-17-44)45-33-30-41(31-34-45)40-26-28-42(29-27-40)43-32-36-50-48-19-9-11-21-52(48)61(58(50)38-43)55-24-14-12-22-53(55)60(3,4)54-23-13-15-25-56(54)61/h5-14,16-24,26-33,35-39,45H,15,25,34H2,1-4H3. The van der Waals surface area contributed by atoms with Crippen LogP contribution in [0.5, 0.6) is 0 Å². The quantitative estimate of drug-likeness (QED) is 0.168. The average Bonchev–Trinajstić information content (AvgIpc) is 3.74. The molecule has 0 heterocycles. The first-order valence-corrected chi connectivity index (χ1v) is 22.6. The Morgan fingerprint density at radius 2 is 1.08 bits per heavy atom. The van der Waals surface area contributed by atoms with Crippen molar-refractivity contribution in [3.05, 3.63) is 244 Å². The van der Waals surface area contributed by atoms with Crippen LogP contribution >= 0.6 is 0 Å². The summed E-state index contributed by atoms with van der Waals surface area (Å²) in [6.45, 7) is 9.58. The van der Waals surface area contributed by atoms with Crippen LogP contribution in [0, 0.1) is 0 Å². The SMILES string of the molecule is CC1(C)C2=C(CCC=C2)C2(c3ccccc3-c3ccc(-c4ccc(C5=CCC(N(c6ccccc6)c6ccc7c(c6)C(C)(C)c6ccccc6-7)C=C5)cc4)cc32)c2ccccc21. The molecular weight excluding hydrogens is 747 g/mol. The number of anilines is 2. The first-order chi connectivity index (χ1) is 30.3. The van der Waals surface area contributed by atoms with Crippen LogP contribution in [0.4, 0.5) is 11.4 Å². The minimum atomic E-state index is -0.309. The Morgan fingerprint density at radius 1 is 0.468 bits per heavy atom. The smallest absolute Gasteiger partial charge is 0.0682 e. The summed E-state index contributed by atoms with van der Waals surface area (Å²) in [5.41, 5.74) is 24.1. The molecule has 0 radical (unpaired) electrons. The fraction of sp³-hybridized carbons (Fsp3) is 0.180. The van der Waals surface area contributed by atoms with E-state index in [0.29, 0.717) is 0 Å². The van der Waals surface area contributed by atoms with E-state index in [-0.39, 0.29) is 22.3 Å². The summed E-state index contributed by atoms with van der Waals surface area (Å²) >= 11 is 0. The number of fused-ring (bicyclic) bond motifs is 11. The second kappa shape index (κ2) is 13.7. The maximum Gasteiger partial charge on any atom is 0.0682 e. The molecule has 2 unspecified atom stereocenters. The van der Waals surface area contributed by atoms with Crippen LogP contribution in [-0.2, 0) is 16.2 Å². The molecule has 0 amide bonds. The minimum absolute atomic E-state index is 0.0509. The number of benzene rings is 7. The van der Waals surface area contributed by atoms with Gasteiger partial charge in [0, 0.05) is 22.2 Å². The second-order valence-electron chi connectivity index (χ2n) is 19.1. The molecule has 0 bridgehead atoms. The number of para-hydroxylation sites is 1. The Hall–Kier alpha value is -6.70. The van der Waals surface area contributed by atoms with Crippen molar-refractivity contribution in [3.63, 3.8) is 0 Å². The topological polar surface area (TPSA) is 3.24 Å². The van der Waals surface area contributed by atoms with Crippen LogP contribution in [0.2, 0.25) is 0 Å². The van der Waals surface area contributed by atoms with Gasteiger partial charge in [0.25, 0.3) is 0 Å². The van der Waals surface area contributed by atoms with Crippen molar-refractivity contribution in [2.75, 3.05) is 4.90 Å². The largest absolute Gasteiger partial charge is 0.334 e. The lowest BCUT2D eigenvalue weighted by Crippen LogP contribution is -2.41. The van der Waals surface area contributed by atoms with Gasteiger partial charge >= 0.3 is 0 Å². The zero-order valence-corrected chi connectivity index (χ0v) is 36.1. The molecule has 0 N–H and O–H groups in total. The van der Waals surface area contributed by atoms with E-state index < -0.39 is 0 Å². The van der Waals surface area contributed by atoms with Crippen LogP contribution < -0.4 is 4.90 Å². The Labute approximate surface area is 367 Å². The van der Waals surface area contributed by atoms with Crippen molar-refractivity contribution in [2.24, 2.45) is 0 Å². The molecule has 0 fully saturated rings. The van der Waals surface area contributed by atoms with Gasteiger partial charge in [-0.05, 0) is 139 Å². The van der Waals surface area contributed by atoms with Gasteiger partial charge in [0.15, 0.2) is 0 Å². The highest BCUT2D eigenvalue weighted by atomic mass is 15.2. The predicted molar refractivity (Wildman–Crippen MR) is 260 cm³/mol. The van der Waals surface area contributed by atoms with Crippen LogP contribution in [0.15, 0.2) is 205 Å². The molecule has 2 atom stereocenters. The Balaban J connectivity index is 0.878. The molecule has 300 valence electrons. The van der Waals surface area contributed by atoms with Crippen LogP contribution in [0.1, 0.15) is 85.9 Å². The summed E-state index contributed by atoms with van der Waals surface area (Å²) in [7, 11) is 0. The maximum absolute atomic E-state index is 2.53. The maximum atomic E-state index is 2.53. The summed E-state index contributed by atoms with van der Waals surface area (Å²) < 4.78 is 0. The van der Waals surface area contributed by atoms with Crippen LogP contribution in [-0.4, -0.2) is 6.04 Å². The Morgan fingerprint density at radius 3 is 1.84 bits per heavy atom. The third kappa shape index (κ3) is 5.21. The molecule has 0 aromatic heterocycles. The third-order valence-corrected chi connectivity index (χ3v) is 15.2. The molecule has 12 rings (SSSR count). The fourth-order valence-electron chi connectivity index (χ4n) is 12.2. The normalized spacial score (nSPS) is 20.5. The predicted octanol–water partition coefficient (Wildman–Crippen LogP) is 15.5. The van der Waals surface area contributed by atoms with Gasteiger partial charge in [-0.3, -0.25) is 0 Å². The summed E-state index contributed by atoms with van der Waals surface area (Å²) in [6, 6.07) is 62.2. The minimum Gasteiger partial charge on any atom is -0.334 e. The van der Waals surface area contributed by atoms with Gasteiger partial charge in [-0.2, -0.15) is 0 Å². The van der Waals surface area contributed by atoms with Gasteiger partial charge in [-0.25, -0.2) is 0 Å². The zero-order valence-electron chi connectivity index (χ0n) is 36.1. The number of allylic oxidation sites excluding steroid dienone is 6. The highest BCUT2D eigenvalue weighted by Crippen LogP contribution is 2.64. The molecule has 7 aromatic carbocycles. The summed E-state index contributed by atoms with van der Waals surface area (Å²) in [6.07, 6.45) is 15.1. The first kappa shape index (κ1) is 37.1. The lowest BCUT2D eigenvalue weighted by molar-refractivity contribution is 0.537. The number of nitrogens with zero attached hydrogens (tertiary/aromatic N) is 1. The Kier molecular flexibility index (Phi) is 8.17. The van der Waals surface area contributed by atoms with E-state index >= 15 is 0 Å². The van der Waals surface area contributed by atoms with Crippen molar-refractivity contribution in [3.8, 4) is 33.4 Å². The molecule has 1 heteroatoms. The first-order valence-electron chi connectivity index (χ1n) is 22.6. The van der Waals surface area contributed by atoms with E-state index in [1.165, 1.54) is 94.8 Å². The van der Waals surface area contributed by atoms with Gasteiger partial charge in [-0.1, -0.05) is 192 Å². The number of rotatable bonds is 5. The average molecular weight is 798 g/mol. The summed E-state index contributed by atoms with van der Waals surface area (Å²) in [5, 5.41) is 0. The van der Waals surface area contributed by atoms with E-state index in [4.69, 9.17) is 0 Å². The molecule has 7 aromatic rings. The molecule has 62 heavy (non-hydrogen) atoms. The molecule has 0 aliphatic heterocycles. The zero-order chi connectivity index (χ0) is 41.8. The van der Waals surface area contributed by atoms with Gasteiger partial charge in [0.05, 0.1) is 11.5 Å². The van der Waals surface area contributed by atoms with E-state index in [1.807, 2.05) is 0 Å². The molecule has 5 aliphatic rings. The van der Waals surface area contributed by atoms with Crippen molar-refractivity contribution in [2.45, 2.75) is 69.2 Å². The monoisotopic (exact) mass is 797 g/mol. The van der Waals surface area contributed by atoms with E-state index in [0.717, 1.165) is 19.3 Å². The summed E-state index contributed by atoms with van der Waals surface area (Å²) in [5.74, 6) is 0. The molecular formula is C61H51N. The van der Waals surface area contributed by atoms with Crippen LogP contribution in [0.25, 0.3) is 39.0 Å². The fourth-order valence-corrected chi connectivity index (χ4v) is 12.2. The van der Waals surface area contributed by atoms with Gasteiger partial charge in [0.1, 0.15) is 0 Å². The summed E-state index contributed by atoms with van der Waals surface area (Å²) in [4.78, 5) is 2.53. The molecule has 1 nitrogen and oxygen atoms in total. The molecule has 1 spiro atoms. The Bertz CT molecular complexity index is 3090. The van der Waals surface area contributed by atoms with Crippen LogP contribution in [0.3, 0.4) is 0 Å². The highest BCUT2D eigenvalue weighted by molar-refractivity contribution is 5.90. The van der Waals surface area contributed by atoms with Crippen molar-refractivity contribution >= 4 is 16.9 Å². The van der Waals surface area contributed by atoms with Gasteiger partial charge in [-0.15, -0.1) is 0 Å². The number of hydrogen-bond donors (Lipinski definition) is 0. The van der Waals surface area contributed by atoms with Crippen molar-refractivity contribution < 1.29 is 0 Å². The lowest BCUT2D eigenvalue weighted by Gasteiger charge is -2.48. The van der Waals surface area contributed by atoms with E-state index in [1.54, 1.807) is 5.57 Å². The molecule has 0 saturated heterocycles. The van der Waals surface area contributed by atoms with Gasteiger partial charge in [0.2, 0.25) is 0 Å². The molecule has 5 aliphatic carbocycles. The highest BCUT2D eigenvalue weighted by Gasteiger charge is 2.54. The van der Waals surface area contributed by atoms with E-state index in [9.17, 15) is 0 Å². The molecule has 0 saturated carbocycles. The second-order valence-corrected chi connectivity index (χ2v) is 19.1. The van der Waals surface area contributed by atoms with Crippen molar-refractivity contribution in [1.29, 1.82) is 0 Å². The number of hydrogen-bond acceptors (Lipinski definition) is 1. The van der Waals surface area contributed by atoms with E-state index in [2.05, 4.69) is 227 Å². The third-order valence-electron chi connectivity index (χ3n) is 15.2. The van der Waals surface area contributed by atoms with Gasteiger partial charge < -0.3 is 4.90 Å².